The third-order valence-electron chi connectivity index (χ3n) is 3.14. The zero-order chi connectivity index (χ0) is 15.6. The summed E-state index contributed by atoms with van der Waals surface area (Å²) in [7, 11) is 3.25. The Morgan fingerprint density at radius 1 is 0.857 bits per heavy atom. The Balaban J connectivity index is 2.53. The molecule has 2 N–H and O–H groups in total. The van der Waals surface area contributed by atoms with Crippen LogP contribution in [0.2, 0.25) is 0 Å². The van der Waals surface area contributed by atoms with Crippen molar-refractivity contribution in [3.8, 4) is 11.5 Å². The molecule has 0 heterocycles. The molecule has 6 heteroatoms. The van der Waals surface area contributed by atoms with Crippen LogP contribution in [-0.4, -0.2) is 14.2 Å². The first-order chi connectivity index (χ1) is 9.97. The molecule has 2 aromatic rings. The molecule has 21 heavy (non-hydrogen) atoms. The van der Waals surface area contributed by atoms with Gasteiger partial charge in [0, 0.05) is 14.5 Å². The summed E-state index contributed by atoms with van der Waals surface area (Å²) >= 11 is 10.4. The van der Waals surface area contributed by atoms with Gasteiger partial charge in [-0.15, -0.1) is 0 Å². The van der Waals surface area contributed by atoms with Crippen LogP contribution in [0.15, 0.2) is 43.7 Å². The molecule has 0 fully saturated rings. The lowest BCUT2D eigenvalue weighted by Crippen LogP contribution is -2.14. The molecule has 0 bridgehead atoms. The number of halogens is 3. The highest BCUT2D eigenvalue weighted by molar-refractivity contribution is 9.11. The number of methoxy groups -OCH3 is 2. The summed E-state index contributed by atoms with van der Waals surface area (Å²) in [6.45, 7) is 0. The Hall–Kier alpha value is -0.560. The molecule has 0 saturated carbocycles. The Morgan fingerprint density at radius 3 is 2.10 bits per heavy atom. The smallest absolute Gasteiger partial charge is 0.133 e. The fourth-order valence-electron chi connectivity index (χ4n) is 2.05. The van der Waals surface area contributed by atoms with Gasteiger partial charge in [-0.25, -0.2) is 0 Å². The van der Waals surface area contributed by atoms with Gasteiger partial charge in [0.2, 0.25) is 0 Å². The third kappa shape index (κ3) is 3.62. The number of hydrogen-bond donors (Lipinski definition) is 1. The first kappa shape index (κ1) is 16.8. The zero-order valence-electron chi connectivity index (χ0n) is 11.5. The summed E-state index contributed by atoms with van der Waals surface area (Å²) in [6, 6.07) is 9.33. The van der Waals surface area contributed by atoms with E-state index in [-0.39, 0.29) is 6.04 Å². The van der Waals surface area contributed by atoms with Gasteiger partial charge in [0.05, 0.1) is 24.7 Å². The van der Waals surface area contributed by atoms with E-state index in [1.807, 2.05) is 30.3 Å². The largest absolute Gasteiger partial charge is 0.496 e. The monoisotopic (exact) mass is 477 g/mol. The van der Waals surface area contributed by atoms with E-state index in [0.29, 0.717) is 5.75 Å². The molecule has 1 unspecified atom stereocenters. The average Bonchev–Trinajstić information content (AvgIpc) is 2.46. The molecule has 0 aliphatic heterocycles. The highest BCUT2D eigenvalue weighted by Crippen LogP contribution is 2.39. The van der Waals surface area contributed by atoms with Crippen LogP contribution in [0.1, 0.15) is 17.2 Å². The lowest BCUT2D eigenvalue weighted by Gasteiger charge is -2.19. The van der Waals surface area contributed by atoms with Gasteiger partial charge in [-0.1, -0.05) is 37.9 Å². The van der Waals surface area contributed by atoms with Crippen molar-refractivity contribution in [1.29, 1.82) is 0 Å². The van der Waals surface area contributed by atoms with Crippen molar-refractivity contribution < 1.29 is 9.47 Å². The van der Waals surface area contributed by atoms with Crippen molar-refractivity contribution >= 4 is 47.8 Å². The number of rotatable bonds is 4. The summed E-state index contributed by atoms with van der Waals surface area (Å²) in [6.07, 6.45) is 0. The van der Waals surface area contributed by atoms with Crippen molar-refractivity contribution in [3.63, 3.8) is 0 Å². The van der Waals surface area contributed by atoms with Crippen LogP contribution in [0.5, 0.6) is 11.5 Å². The van der Waals surface area contributed by atoms with E-state index in [1.165, 1.54) is 0 Å². The van der Waals surface area contributed by atoms with Gasteiger partial charge >= 0.3 is 0 Å². The molecule has 0 aliphatic carbocycles. The van der Waals surface area contributed by atoms with Crippen molar-refractivity contribution in [2.75, 3.05) is 14.2 Å². The van der Waals surface area contributed by atoms with Gasteiger partial charge in [-0.3, -0.25) is 0 Å². The lowest BCUT2D eigenvalue weighted by atomic mass is 9.98. The summed E-state index contributed by atoms with van der Waals surface area (Å²) in [5.74, 6) is 1.43. The maximum Gasteiger partial charge on any atom is 0.133 e. The molecule has 0 saturated heterocycles. The molecule has 0 aromatic heterocycles. The molecule has 2 rings (SSSR count). The van der Waals surface area contributed by atoms with Crippen molar-refractivity contribution in [3.05, 3.63) is 54.9 Å². The van der Waals surface area contributed by atoms with Gasteiger partial charge in [0.1, 0.15) is 11.5 Å². The minimum atomic E-state index is -0.329. The van der Waals surface area contributed by atoms with Crippen molar-refractivity contribution in [2.45, 2.75) is 6.04 Å². The quantitative estimate of drug-likeness (QED) is 0.668. The van der Waals surface area contributed by atoms with Crippen LogP contribution in [0.4, 0.5) is 0 Å². The molecule has 1 atom stereocenters. The summed E-state index contributed by atoms with van der Waals surface area (Å²) in [5, 5.41) is 0. The standard InChI is InChI=1S/C15H14Br3NO2/c1-20-13-7-12(18)14(21-2)6-10(13)15(19)9-4-3-8(16)5-11(9)17/h3-7,15H,19H2,1-2H3. The Bertz CT molecular complexity index is 662. The van der Waals surface area contributed by atoms with Gasteiger partial charge in [-0.05, 0) is 45.8 Å². The highest BCUT2D eigenvalue weighted by Gasteiger charge is 2.19. The van der Waals surface area contributed by atoms with Crippen LogP contribution in [0.3, 0.4) is 0 Å². The molecule has 3 nitrogen and oxygen atoms in total. The minimum Gasteiger partial charge on any atom is -0.496 e. The second-order valence-electron chi connectivity index (χ2n) is 4.37. The van der Waals surface area contributed by atoms with E-state index in [0.717, 1.165) is 30.3 Å². The van der Waals surface area contributed by atoms with Crippen LogP contribution >= 0.6 is 47.8 Å². The zero-order valence-corrected chi connectivity index (χ0v) is 16.2. The second kappa shape index (κ2) is 7.13. The van der Waals surface area contributed by atoms with E-state index in [9.17, 15) is 0 Å². The predicted molar refractivity (Wildman–Crippen MR) is 95.1 cm³/mol. The highest BCUT2D eigenvalue weighted by atomic mass is 79.9. The topological polar surface area (TPSA) is 44.5 Å². The number of ether oxygens (including phenoxy) is 2. The van der Waals surface area contributed by atoms with E-state index in [2.05, 4.69) is 47.8 Å². The van der Waals surface area contributed by atoms with Gasteiger partial charge < -0.3 is 15.2 Å². The molecular weight excluding hydrogens is 466 g/mol. The van der Waals surface area contributed by atoms with E-state index in [4.69, 9.17) is 15.2 Å². The van der Waals surface area contributed by atoms with Crippen LogP contribution in [0, 0.1) is 0 Å². The predicted octanol–water partition coefficient (Wildman–Crippen LogP) is 5.04. The van der Waals surface area contributed by atoms with Crippen LogP contribution < -0.4 is 15.2 Å². The number of benzene rings is 2. The number of hydrogen-bond acceptors (Lipinski definition) is 3. The molecule has 112 valence electrons. The Morgan fingerprint density at radius 2 is 1.52 bits per heavy atom. The second-order valence-corrected chi connectivity index (χ2v) is 7.00. The van der Waals surface area contributed by atoms with Crippen LogP contribution in [-0.2, 0) is 0 Å². The first-order valence-corrected chi connectivity index (χ1v) is 8.47. The fourth-order valence-corrected chi connectivity index (χ4v) is 3.83. The Kier molecular flexibility index (Phi) is 5.71. The first-order valence-electron chi connectivity index (χ1n) is 6.10. The average molecular weight is 480 g/mol. The summed E-state index contributed by atoms with van der Waals surface area (Å²) in [4.78, 5) is 0. The third-order valence-corrected chi connectivity index (χ3v) is 4.94. The van der Waals surface area contributed by atoms with Gasteiger partial charge in [-0.2, -0.15) is 0 Å². The van der Waals surface area contributed by atoms with Gasteiger partial charge in [0.15, 0.2) is 0 Å². The summed E-state index contributed by atoms with van der Waals surface area (Å²) < 4.78 is 13.5. The maximum atomic E-state index is 6.42. The van der Waals surface area contributed by atoms with Gasteiger partial charge in [0.25, 0.3) is 0 Å². The molecule has 0 radical (unpaired) electrons. The fraction of sp³-hybridized carbons (Fsp3) is 0.200. The van der Waals surface area contributed by atoms with Crippen molar-refractivity contribution in [2.24, 2.45) is 5.73 Å². The van der Waals surface area contributed by atoms with E-state index < -0.39 is 0 Å². The van der Waals surface area contributed by atoms with Crippen LogP contribution in [0.25, 0.3) is 0 Å². The molecule has 0 spiro atoms. The molecule has 2 aromatic carbocycles. The van der Waals surface area contributed by atoms with E-state index in [1.54, 1.807) is 14.2 Å². The normalized spacial score (nSPS) is 12.1. The summed E-state index contributed by atoms with van der Waals surface area (Å²) in [5.41, 5.74) is 8.26. The molecular formula is C15H14Br3NO2. The lowest BCUT2D eigenvalue weighted by molar-refractivity contribution is 0.395. The Labute approximate surface area is 149 Å². The number of nitrogens with two attached hydrogens (primary N) is 1. The maximum absolute atomic E-state index is 6.42. The molecule has 0 amide bonds. The van der Waals surface area contributed by atoms with E-state index >= 15 is 0 Å². The minimum absolute atomic E-state index is 0.329. The SMILES string of the molecule is COc1cc(C(N)c2ccc(Br)cc2Br)c(OC)cc1Br. The molecule has 0 aliphatic rings. The van der Waals surface area contributed by atoms with Crippen molar-refractivity contribution in [1.82, 2.24) is 0 Å².